The van der Waals surface area contributed by atoms with Gasteiger partial charge in [-0.2, -0.15) is 0 Å². The Labute approximate surface area is 119 Å². The van der Waals surface area contributed by atoms with Crippen molar-refractivity contribution in [1.82, 2.24) is 9.55 Å². The van der Waals surface area contributed by atoms with Gasteiger partial charge in [0.25, 0.3) is 0 Å². The number of aromatic nitrogens is 2. The zero-order valence-corrected chi connectivity index (χ0v) is 13.2. The Bertz CT molecular complexity index is 328. The van der Waals surface area contributed by atoms with Crippen LogP contribution in [0.3, 0.4) is 0 Å². The predicted molar refractivity (Wildman–Crippen MR) is 83.5 cm³/mol. The topological polar surface area (TPSA) is 17.8 Å². The van der Waals surface area contributed by atoms with Crippen LogP contribution in [0, 0.1) is 6.92 Å². The number of aryl methyl sites for hydroxylation is 2. The van der Waals surface area contributed by atoms with Gasteiger partial charge in [-0.25, -0.2) is 4.98 Å². The normalized spacial score (nSPS) is 11.1. The number of hydrogen-bond acceptors (Lipinski definition) is 1. The molecule has 0 bridgehead atoms. The first-order chi connectivity index (χ1) is 9.25. The van der Waals surface area contributed by atoms with E-state index in [0.29, 0.717) is 0 Å². The molecule has 19 heavy (non-hydrogen) atoms. The van der Waals surface area contributed by atoms with E-state index in [2.05, 4.69) is 30.4 Å². The molecule has 0 saturated carbocycles. The summed E-state index contributed by atoms with van der Waals surface area (Å²) in [4.78, 5) is 4.34. The standard InChI is InChI=1S/C17H32N2/c1-4-5-6-7-8-9-10-11-12-13-14-17-15-18-16(2)19(17)3/h15H,4-14H2,1-3H3. The molecule has 0 aromatic carbocycles. The van der Waals surface area contributed by atoms with Gasteiger partial charge >= 0.3 is 0 Å². The molecule has 0 aliphatic carbocycles. The molecule has 110 valence electrons. The van der Waals surface area contributed by atoms with E-state index in [1.807, 2.05) is 6.20 Å². The monoisotopic (exact) mass is 264 g/mol. The fourth-order valence-electron chi connectivity index (χ4n) is 2.57. The fourth-order valence-corrected chi connectivity index (χ4v) is 2.57. The van der Waals surface area contributed by atoms with E-state index in [1.165, 1.54) is 76.3 Å². The maximum absolute atomic E-state index is 4.34. The average Bonchev–Trinajstić information content (AvgIpc) is 2.73. The summed E-state index contributed by atoms with van der Waals surface area (Å²) in [5, 5.41) is 0. The van der Waals surface area contributed by atoms with E-state index < -0.39 is 0 Å². The lowest BCUT2D eigenvalue weighted by atomic mass is 10.1. The number of imidazole rings is 1. The van der Waals surface area contributed by atoms with E-state index in [-0.39, 0.29) is 0 Å². The molecular weight excluding hydrogens is 232 g/mol. The molecule has 1 rings (SSSR count). The second-order valence-electron chi connectivity index (χ2n) is 5.79. The Balaban J connectivity index is 1.90. The Hall–Kier alpha value is -0.790. The quantitative estimate of drug-likeness (QED) is 0.503. The van der Waals surface area contributed by atoms with Crippen LogP contribution >= 0.6 is 0 Å². The summed E-state index contributed by atoms with van der Waals surface area (Å²) in [5.74, 6) is 1.13. The summed E-state index contributed by atoms with van der Waals surface area (Å²) >= 11 is 0. The van der Waals surface area contributed by atoms with Crippen LogP contribution in [0.2, 0.25) is 0 Å². The van der Waals surface area contributed by atoms with Gasteiger partial charge in [0.05, 0.1) is 0 Å². The van der Waals surface area contributed by atoms with Crippen molar-refractivity contribution in [1.29, 1.82) is 0 Å². The highest BCUT2D eigenvalue weighted by Crippen LogP contribution is 2.12. The van der Waals surface area contributed by atoms with Crippen molar-refractivity contribution in [3.63, 3.8) is 0 Å². The summed E-state index contributed by atoms with van der Waals surface area (Å²) in [6.45, 7) is 4.35. The van der Waals surface area contributed by atoms with Gasteiger partial charge < -0.3 is 4.57 Å². The SMILES string of the molecule is CCCCCCCCCCCCc1cnc(C)n1C. The third-order valence-corrected chi connectivity index (χ3v) is 4.10. The fraction of sp³-hybridized carbons (Fsp3) is 0.824. The van der Waals surface area contributed by atoms with Crippen LogP contribution < -0.4 is 0 Å². The molecule has 1 aromatic heterocycles. The van der Waals surface area contributed by atoms with Crippen molar-refractivity contribution in [3.05, 3.63) is 17.7 Å². The average molecular weight is 264 g/mol. The number of unbranched alkanes of at least 4 members (excludes halogenated alkanes) is 9. The molecule has 0 saturated heterocycles. The second-order valence-corrected chi connectivity index (χ2v) is 5.79. The van der Waals surface area contributed by atoms with Crippen molar-refractivity contribution in [2.45, 2.75) is 84.5 Å². The first kappa shape index (κ1) is 16.3. The molecule has 0 spiro atoms. The lowest BCUT2D eigenvalue weighted by Crippen LogP contribution is -1.98. The van der Waals surface area contributed by atoms with Crippen molar-refractivity contribution < 1.29 is 0 Å². The maximum atomic E-state index is 4.34. The Morgan fingerprint density at radius 2 is 1.42 bits per heavy atom. The highest BCUT2D eigenvalue weighted by molar-refractivity contribution is 5.03. The van der Waals surface area contributed by atoms with E-state index in [4.69, 9.17) is 0 Å². The summed E-state index contributed by atoms with van der Waals surface area (Å²) in [6, 6.07) is 0. The van der Waals surface area contributed by atoms with Gasteiger partial charge in [-0.15, -0.1) is 0 Å². The van der Waals surface area contributed by atoms with Crippen LogP contribution in [-0.4, -0.2) is 9.55 Å². The smallest absolute Gasteiger partial charge is 0.105 e. The molecule has 1 heterocycles. The number of rotatable bonds is 11. The van der Waals surface area contributed by atoms with Gasteiger partial charge in [0, 0.05) is 18.9 Å². The molecular formula is C17H32N2. The van der Waals surface area contributed by atoms with Crippen LogP contribution in [0.4, 0.5) is 0 Å². The van der Waals surface area contributed by atoms with Crippen molar-refractivity contribution in [2.24, 2.45) is 7.05 Å². The first-order valence-corrected chi connectivity index (χ1v) is 8.23. The molecule has 2 nitrogen and oxygen atoms in total. The Morgan fingerprint density at radius 1 is 0.895 bits per heavy atom. The summed E-state index contributed by atoms with van der Waals surface area (Å²) < 4.78 is 2.22. The first-order valence-electron chi connectivity index (χ1n) is 8.23. The summed E-state index contributed by atoms with van der Waals surface area (Å²) in [7, 11) is 2.12. The summed E-state index contributed by atoms with van der Waals surface area (Å²) in [5.41, 5.74) is 1.39. The van der Waals surface area contributed by atoms with E-state index in [0.717, 1.165) is 5.82 Å². The third-order valence-electron chi connectivity index (χ3n) is 4.10. The molecule has 0 aliphatic heterocycles. The van der Waals surface area contributed by atoms with Gasteiger partial charge in [-0.3, -0.25) is 0 Å². The van der Waals surface area contributed by atoms with Gasteiger partial charge in [0.1, 0.15) is 5.82 Å². The lowest BCUT2D eigenvalue weighted by Gasteiger charge is -2.04. The molecule has 0 amide bonds. The molecule has 0 fully saturated rings. The second kappa shape index (κ2) is 10.1. The molecule has 1 aromatic rings. The van der Waals surface area contributed by atoms with Crippen molar-refractivity contribution >= 4 is 0 Å². The zero-order valence-electron chi connectivity index (χ0n) is 13.2. The minimum atomic E-state index is 1.13. The van der Waals surface area contributed by atoms with Crippen LogP contribution in [0.25, 0.3) is 0 Å². The highest BCUT2D eigenvalue weighted by Gasteiger charge is 2.01. The van der Waals surface area contributed by atoms with Crippen LogP contribution in [0.1, 0.15) is 82.7 Å². The number of nitrogens with zero attached hydrogens (tertiary/aromatic N) is 2. The van der Waals surface area contributed by atoms with E-state index >= 15 is 0 Å². The predicted octanol–water partition coefficient (Wildman–Crippen LogP) is 5.19. The van der Waals surface area contributed by atoms with Crippen molar-refractivity contribution in [2.75, 3.05) is 0 Å². The molecule has 0 unspecified atom stereocenters. The van der Waals surface area contributed by atoms with Crippen LogP contribution in [0.15, 0.2) is 6.20 Å². The van der Waals surface area contributed by atoms with Gasteiger partial charge in [0.2, 0.25) is 0 Å². The maximum Gasteiger partial charge on any atom is 0.105 e. The van der Waals surface area contributed by atoms with E-state index in [1.54, 1.807) is 0 Å². The molecule has 0 aliphatic rings. The molecule has 0 atom stereocenters. The van der Waals surface area contributed by atoms with Gasteiger partial charge in [0.15, 0.2) is 0 Å². The Kier molecular flexibility index (Phi) is 8.61. The minimum Gasteiger partial charge on any atom is -0.335 e. The lowest BCUT2D eigenvalue weighted by molar-refractivity contribution is 0.553. The number of hydrogen-bond donors (Lipinski definition) is 0. The summed E-state index contributed by atoms with van der Waals surface area (Å²) in [6.07, 6.45) is 17.3. The third kappa shape index (κ3) is 6.79. The zero-order chi connectivity index (χ0) is 13.9. The minimum absolute atomic E-state index is 1.13. The van der Waals surface area contributed by atoms with Crippen LogP contribution in [0.5, 0.6) is 0 Å². The van der Waals surface area contributed by atoms with E-state index in [9.17, 15) is 0 Å². The van der Waals surface area contributed by atoms with Gasteiger partial charge in [-0.05, 0) is 19.8 Å². The van der Waals surface area contributed by atoms with Crippen molar-refractivity contribution in [3.8, 4) is 0 Å². The highest BCUT2D eigenvalue weighted by atomic mass is 15.0. The molecule has 2 heteroatoms. The van der Waals surface area contributed by atoms with Gasteiger partial charge in [-0.1, -0.05) is 64.7 Å². The van der Waals surface area contributed by atoms with Crippen LogP contribution in [-0.2, 0) is 13.5 Å². The Morgan fingerprint density at radius 3 is 1.89 bits per heavy atom. The molecule has 0 radical (unpaired) electrons. The largest absolute Gasteiger partial charge is 0.335 e. The molecule has 0 N–H and O–H groups in total.